The van der Waals surface area contributed by atoms with E-state index < -0.39 is 0 Å². The molecule has 0 aliphatic rings. The van der Waals surface area contributed by atoms with Crippen LogP contribution >= 0.6 is 0 Å². The second kappa shape index (κ2) is 6.74. The monoisotopic (exact) mass is 288 g/mol. The minimum absolute atomic E-state index is 0.122. The summed E-state index contributed by atoms with van der Waals surface area (Å²) in [6.07, 6.45) is 0. The third-order valence-corrected chi connectivity index (χ3v) is 3.13. The Labute approximate surface area is 122 Å². The van der Waals surface area contributed by atoms with Gasteiger partial charge in [-0.15, -0.1) is 0 Å². The summed E-state index contributed by atoms with van der Waals surface area (Å²) < 4.78 is 13.4. The summed E-state index contributed by atoms with van der Waals surface area (Å²) in [4.78, 5) is 13.4. The number of phenolic OH excluding ortho intramolecular Hbond substituents is 1. The summed E-state index contributed by atoms with van der Waals surface area (Å²) in [5.74, 6) is -0.201. The maximum absolute atomic E-state index is 13.4. The molecule has 0 aliphatic carbocycles. The van der Waals surface area contributed by atoms with Crippen LogP contribution in [-0.4, -0.2) is 23.1 Å². The summed E-state index contributed by atoms with van der Waals surface area (Å²) in [6.45, 7) is 0.395. The minimum atomic E-state index is -0.346. The van der Waals surface area contributed by atoms with Crippen molar-refractivity contribution in [3.05, 3.63) is 65.5 Å². The molecule has 0 saturated heterocycles. The Balaban J connectivity index is 1.91. The molecule has 0 spiro atoms. The van der Waals surface area contributed by atoms with Gasteiger partial charge in [-0.2, -0.15) is 0 Å². The number of para-hydroxylation sites is 1. The van der Waals surface area contributed by atoms with E-state index in [0.717, 1.165) is 0 Å². The van der Waals surface area contributed by atoms with Gasteiger partial charge in [0.05, 0.1) is 6.54 Å². The van der Waals surface area contributed by atoms with Crippen molar-refractivity contribution in [2.45, 2.75) is 13.1 Å². The topological polar surface area (TPSA) is 52.6 Å². The lowest BCUT2D eigenvalue weighted by molar-refractivity contribution is 0.206. The molecular weight excluding hydrogens is 271 g/mol. The zero-order valence-corrected chi connectivity index (χ0v) is 11.7. The van der Waals surface area contributed by atoms with Crippen LogP contribution in [0.3, 0.4) is 0 Å². The van der Waals surface area contributed by atoms with Crippen molar-refractivity contribution in [3.8, 4) is 5.75 Å². The number of carbonyl (C=O) groups is 1. The van der Waals surface area contributed by atoms with Gasteiger partial charge in [-0.3, -0.25) is 0 Å². The number of halogens is 1. The van der Waals surface area contributed by atoms with Crippen LogP contribution in [0.15, 0.2) is 48.5 Å². The number of hydrogen-bond donors (Lipinski definition) is 2. The van der Waals surface area contributed by atoms with Gasteiger partial charge in [-0.05, 0) is 12.1 Å². The Morgan fingerprint density at radius 2 is 1.76 bits per heavy atom. The second-order valence-corrected chi connectivity index (χ2v) is 4.73. The lowest BCUT2D eigenvalue weighted by Gasteiger charge is -2.18. The molecule has 110 valence electrons. The number of rotatable bonds is 4. The summed E-state index contributed by atoms with van der Waals surface area (Å²) in [5, 5.41) is 12.3. The van der Waals surface area contributed by atoms with Crippen molar-refractivity contribution >= 4 is 6.03 Å². The molecule has 0 aliphatic heterocycles. The number of aromatic hydroxyl groups is 1. The molecule has 2 aromatic carbocycles. The predicted octanol–water partition coefficient (Wildman–Crippen LogP) is 2.87. The first-order valence-corrected chi connectivity index (χ1v) is 6.57. The molecule has 0 bridgehead atoms. The van der Waals surface area contributed by atoms with Gasteiger partial charge in [0.25, 0.3) is 0 Å². The van der Waals surface area contributed by atoms with E-state index in [-0.39, 0.29) is 30.7 Å². The van der Waals surface area contributed by atoms with Crippen LogP contribution in [0, 0.1) is 5.82 Å². The standard InChI is InChI=1S/C16H17FN2O2/c1-19(11-13-7-3-5-9-15(13)20)16(21)18-10-12-6-2-4-8-14(12)17/h2-9,20H,10-11H2,1H3,(H,18,21). The van der Waals surface area contributed by atoms with E-state index in [2.05, 4.69) is 5.32 Å². The highest BCUT2D eigenvalue weighted by atomic mass is 19.1. The molecule has 0 atom stereocenters. The molecule has 2 N–H and O–H groups in total. The zero-order valence-electron chi connectivity index (χ0n) is 11.7. The van der Waals surface area contributed by atoms with E-state index in [9.17, 15) is 14.3 Å². The van der Waals surface area contributed by atoms with Crippen LogP contribution in [0.25, 0.3) is 0 Å². The van der Waals surface area contributed by atoms with Gasteiger partial charge in [-0.25, -0.2) is 9.18 Å². The Morgan fingerprint density at radius 1 is 1.14 bits per heavy atom. The van der Waals surface area contributed by atoms with E-state index in [1.54, 1.807) is 49.5 Å². The quantitative estimate of drug-likeness (QED) is 0.909. The number of phenols is 1. The average Bonchev–Trinajstić information content (AvgIpc) is 2.48. The number of urea groups is 1. The van der Waals surface area contributed by atoms with Crippen molar-refractivity contribution < 1.29 is 14.3 Å². The van der Waals surface area contributed by atoms with E-state index in [1.165, 1.54) is 11.0 Å². The van der Waals surface area contributed by atoms with Crippen LogP contribution in [0.2, 0.25) is 0 Å². The highest BCUT2D eigenvalue weighted by Crippen LogP contribution is 2.17. The highest BCUT2D eigenvalue weighted by Gasteiger charge is 2.11. The van der Waals surface area contributed by atoms with Crippen LogP contribution in [-0.2, 0) is 13.1 Å². The molecule has 5 heteroatoms. The number of amides is 2. The SMILES string of the molecule is CN(Cc1ccccc1O)C(=O)NCc1ccccc1F. The fourth-order valence-corrected chi connectivity index (χ4v) is 1.92. The van der Waals surface area contributed by atoms with Gasteiger partial charge >= 0.3 is 6.03 Å². The normalized spacial score (nSPS) is 10.2. The van der Waals surface area contributed by atoms with Crippen LogP contribution < -0.4 is 5.32 Å². The van der Waals surface area contributed by atoms with Gasteiger partial charge in [0.1, 0.15) is 11.6 Å². The summed E-state index contributed by atoms with van der Waals surface area (Å²) in [7, 11) is 1.61. The first-order chi connectivity index (χ1) is 10.1. The van der Waals surface area contributed by atoms with Crippen LogP contribution in [0.4, 0.5) is 9.18 Å². The third-order valence-electron chi connectivity index (χ3n) is 3.13. The molecule has 21 heavy (non-hydrogen) atoms. The summed E-state index contributed by atoms with van der Waals surface area (Å²) in [5.41, 5.74) is 1.09. The predicted molar refractivity (Wildman–Crippen MR) is 78.2 cm³/mol. The molecule has 0 aromatic heterocycles. The number of nitrogens with one attached hydrogen (secondary N) is 1. The molecule has 0 radical (unpaired) electrons. The second-order valence-electron chi connectivity index (χ2n) is 4.73. The molecule has 4 nitrogen and oxygen atoms in total. The molecule has 2 rings (SSSR count). The average molecular weight is 288 g/mol. The Bertz CT molecular complexity index is 631. The number of hydrogen-bond acceptors (Lipinski definition) is 2. The van der Waals surface area contributed by atoms with E-state index >= 15 is 0 Å². The van der Waals surface area contributed by atoms with Crippen molar-refractivity contribution in [1.29, 1.82) is 0 Å². The summed E-state index contributed by atoms with van der Waals surface area (Å²) in [6, 6.07) is 12.8. The fourth-order valence-electron chi connectivity index (χ4n) is 1.92. The molecule has 0 heterocycles. The van der Waals surface area contributed by atoms with Crippen molar-refractivity contribution in [1.82, 2.24) is 10.2 Å². The molecular formula is C16H17FN2O2. The molecule has 0 fully saturated rings. The zero-order chi connectivity index (χ0) is 15.2. The van der Waals surface area contributed by atoms with Gasteiger partial charge in [0.15, 0.2) is 0 Å². The van der Waals surface area contributed by atoms with Crippen molar-refractivity contribution in [3.63, 3.8) is 0 Å². The van der Waals surface area contributed by atoms with Gasteiger partial charge in [-0.1, -0.05) is 36.4 Å². The number of benzene rings is 2. The van der Waals surface area contributed by atoms with Crippen molar-refractivity contribution in [2.75, 3.05) is 7.05 Å². The number of carbonyl (C=O) groups excluding carboxylic acids is 1. The first kappa shape index (κ1) is 14.8. The largest absolute Gasteiger partial charge is 0.508 e. The van der Waals surface area contributed by atoms with Crippen LogP contribution in [0.1, 0.15) is 11.1 Å². The first-order valence-electron chi connectivity index (χ1n) is 6.57. The lowest BCUT2D eigenvalue weighted by Crippen LogP contribution is -2.36. The van der Waals surface area contributed by atoms with Gasteiger partial charge < -0.3 is 15.3 Å². The fraction of sp³-hybridized carbons (Fsp3) is 0.188. The van der Waals surface area contributed by atoms with Crippen molar-refractivity contribution in [2.24, 2.45) is 0 Å². The van der Waals surface area contributed by atoms with E-state index in [4.69, 9.17) is 0 Å². The Hall–Kier alpha value is -2.56. The maximum Gasteiger partial charge on any atom is 0.317 e. The van der Waals surface area contributed by atoms with E-state index in [1.807, 2.05) is 0 Å². The molecule has 0 unspecified atom stereocenters. The Kier molecular flexibility index (Phi) is 4.77. The third kappa shape index (κ3) is 3.95. The van der Waals surface area contributed by atoms with Crippen LogP contribution in [0.5, 0.6) is 5.75 Å². The molecule has 2 amide bonds. The van der Waals surface area contributed by atoms with Gasteiger partial charge in [0, 0.05) is 24.7 Å². The minimum Gasteiger partial charge on any atom is -0.508 e. The molecule has 0 saturated carbocycles. The maximum atomic E-state index is 13.4. The smallest absolute Gasteiger partial charge is 0.317 e. The Morgan fingerprint density at radius 3 is 2.43 bits per heavy atom. The van der Waals surface area contributed by atoms with E-state index in [0.29, 0.717) is 11.1 Å². The number of nitrogens with zero attached hydrogens (tertiary/aromatic N) is 1. The lowest BCUT2D eigenvalue weighted by atomic mass is 10.2. The summed E-state index contributed by atoms with van der Waals surface area (Å²) >= 11 is 0. The molecule has 2 aromatic rings. The highest BCUT2D eigenvalue weighted by molar-refractivity contribution is 5.73. The van der Waals surface area contributed by atoms with Gasteiger partial charge in [0.2, 0.25) is 0 Å².